The molecule has 0 atom stereocenters. The molecule has 0 N–H and O–H groups in total. The van der Waals surface area contributed by atoms with E-state index in [4.69, 9.17) is 4.74 Å². The highest BCUT2D eigenvalue weighted by molar-refractivity contribution is 5.90. The molecule has 0 amide bonds. The Bertz CT molecular complexity index is 1460. The highest BCUT2D eigenvalue weighted by atomic mass is 16.5. The van der Waals surface area contributed by atoms with Gasteiger partial charge >= 0.3 is 0 Å². The summed E-state index contributed by atoms with van der Waals surface area (Å²) < 4.78 is 6.28. The number of anilines is 3. The molecule has 1 aliphatic rings. The Morgan fingerprint density at radius 2 is 0.833 bits per heavy atom. The Kier molecular flexibility index (Phi) is 5.38. The Morgan fingerprint density at radius 3 is 1.28 bits per heavy atom. The summed E-state index contributed by atoms with van der Waals surface area (Å²) in [4.78, 5) is 2.33. The van der Waals surface area contributed by atoms with Gasteiger partial charge in [-0.3, -0.25) is 0 Å². The Labute approximate surface area is 213 Å². The summed E-state index contributed by atoms with van der Waals surface area (Å²) in [5.41, 5.74) is 13.1. The number of nitrogens with zero attached hydrogens (tertiary/aromatic N) is 1. The molecule has 6 rings (SSSR count). The van der Waals surface area contributed by atoms with Crippen LogP contribution in [0, 0.1) is 27.7 Å². The predicted octanol–water partition coefficient (Wildman–Crippen LogP) is 9.83. The van der Waals surface area contributed by atoms with E-state index in [1.807, 2.05) is 24.3 Å². The van der Waals surface area contributed by atoms with E-state index < -0.39 is 0 Å². The number of hydrogen-bond acceptors (Lipinski definition) is 2. The quantitative estimate of drug-likeness (QED) is 0.257. The van der Waals surface area contributed by atoms with Gasteiger partial charge in [-0.1, -0.05) is 82.9 Å². The SMILES string of the molecule is Cc1cc(C)cc(-c2cc(-c3cc(C)cc(C)c3)cc(N3c4ccccc4Oc4ccccc43)c2)c1. The fourth-order valence-electron chi connectivity index (χ4n) is 5.34. The van der Waals surface area contributed by atoms with Gasteiger partial charge in [0.25, 0.3) is 0 Å². The minimum atomic E-state index is 0.862. The molecule has 1 heterocycles. The second-order valence-electron chi connectivity index (χ2n) is 9.89. The van der Waals surface area contributed by atoms with Crippen molar-refractivity contribution in [2.45, 2.75) is 27.7 Å². The second-order valence-corrected chi connectivity index (χ2v) is 9.89. The fraction of sp³-hybridized carbons (Fsp3) is 0.118. The van der Waals surface area contributed by atoms with Gasteiger partial charge in [0.15, 0.2) is 11.5 Å². The third kappa shape index (κ3) is 4.05. The maximum absolute atomic E-state index is 6.28. The number of hydrogen-bond donors (Lipinski definition) is 0. The molecule has 5 aromatic carbocycles. The fourth-order valence-corrected chi connectivity index (χ4v) is 5.34. The molecular weight excluding hydrogens is 438 g/mol. The van der Waals surface area contributed by atoms with Gasteiger partial charge in [-0.05, 0) is 92.4 Å². The van der Waals surface area contributed by atoms with Crippen molar-refractivity contribution < 1.29 is 4.74 Å². The first kappa shape index (κ1) is 22.2. The van der Waals surface area contributed by atoms with E-state index in [-0.39, 0.29) is 0 Å². The maximum Gasteiger partial charge on any atom is 0.151 e. The van der Waals surface area contributed by atoms with E-state index in [9.17, 15) is 0 Å². The minimum absolute atomic E-state index is 0.862. The van der Waals surface area contributed by atoms with Crippen LogP contribution in [-0.4, -0.2) is 0 Å². The van der Waals surface area contributed by atoms with E-state index >= 15 is 0 Å². The Morgan fingerprint density at radius 1 is 0.444 bits per heavy atom. The largest absolute Gasteiger partial charge is 0.453 e. The number of rotatable bonds is 3. The van der Waals surface area contributed by atoms with Crippen molar-refractivity contribution in [2.24, 2.45) is 0 Å². The summed E-state index contributed by atoms with van der Waals surface area (Å²) >= 11 is 0. The van der Waals surface area contributed by atoms with Crippen molar-refractivity contribution in [2.75, 3.05) is 4.90 Å². The summed E-state index contributed by atoms with van der Waals surface area (Å²) in [5, 5.41) is 0. The summed E-state index contributed by atoms with van der Waals surface area (Å²) in [6.45, 7) is 8.67. The lowest BCUT2D eigenvalue weighted by atomic mass is 9.94. The molecule has 2 heteroatoms. The third-order valence-electron chi connectivity index (χ3n) is 6.72. The van der Waals surface area contributed by atoms with Crippen molar-refractivity contribution in [1.29, 1.82) is 0 Å². The normalized spacial score (nSPS) is 12.1. The first-order valence-corrected chi connectivity index (χ1v) is 12.4. The predicted molar refractivity (Wildman–Crippen MR) is 151 cm³/mol. The lowest BCUT2D eigenvalue weighted by Gasteiger charge is -2.33. The average Bonchev–Trinajstić information content (AvgIpc) is 2.86. The van der Waals surface area contributed by atoms with E-state index in [1.165, 1.54) is 44.5 Å². The molecule has 0 bridgehead atoms. The summed E-state index contributed by atoms with van der Waals surface area (Å²) in [5.74, 6) is 1.72. The number of para-hydroxylation sites is 4. The third-order valence-corrected chi connectivity index (χ3v) is 6.72. The van der Waals surface area contributed by atoms with Crippen molar-refractivity contribution in [1.82, 2.24) is 0 Å². The smallest absolute Gasteiger partial charge is 0.151 e. The summed E-state index contributed by atoms with van der Waals surface area (Å²) in [7, 11) is 0. The lowest BCUT2D eigenvalue weighted by Crippen LogP contribution is -2.15. The molecule has 176 valence electrons. The van der Waals surface area contributed by atoms with Crippen LogP contribution in [0.1, 0.15) is 22.3 Å². The van der Waals surface area contributed by atoms with Gasteiger partial charge in [0.1, 0.15) is 0 Å². The topological polar surface area (TPSA) is 12.5 Å². The molecule has 0 radical (unpaired) electrons. The molecule has 1 aliphatic heterocycles. The highest BCUT2D eigenvalue weighted by Gasteiger charge is 2.26. The number of ether oxygens (including phenoxy) is 1. The minimum Gasteiger partial charge on any atom is -0.453 e. The molecule has 0 saturated heterocycles. The number of aryl methyl sites for hydroxylation is 4. The van der Waals surface area contributed by atoms with E-state index in [1.54, 1.807) is 0 Å². The second kappa shape index (κ2) is 8.73. The van der Waals surface area contributed by atoms with Gasteiger partial charge in [-0.15, -0.1) is 0 Å². The van der Waals surface area contributed by atoms with Gasteiger partial charge in [0.05, 0.1) is 11.4 Å². The highest BCUT2D eigenvalue weighted by Crippen LogP contribution is 2.51. The average molecular weight is 468 g/mol. The summed E-state index contributed by atoms with van der Waals surface area (Å²) in [6, 6.07) is 37.0. The van der Waals surface area contributed by atoms with Crippen molar-refractivity contribution >= 4 is 17.1 Å². The molecule has 0 aromatic heterocycles. The standard InChI is InChI=1S/C34H29NO/c1-22-13-23(2)16-26(15-22)28-19-29(27-17-24(3)14-25(4)18-27)21-30(20-28)35-31-9-5-7-11-33(31)36-34-12-8-6-10-32(34)35/h5-21H,1-4H3. The lowest BCUT2D eigenvalue weighted by molar-refractivity contribution is 0.477. The molecule has 0 spiro atoms. The molecule has 36 heavy (non-hydrogen) atoms. The molecule has 0 fully saturated rings. The van der Waals surface area contributed by atoms with Crippen LogP contribution in [0.5, 0.6) is 11.5 Å². The molecule has 5 aromatic rings. The zero-order valence-electron chi connectivity index (χ0n) is 21.2. The van der Waals surface area contributed by atoms with Gasteiger partial charge < -0.3 is 9.64 Å². The van der Waals surface area contributed by atoms with Crippen LogP contribution in [0.3, 0.4) is 0 Å². The van der Waals surface area contributed by atoms with Crippen LogP contribution < -0.4 is 9.64 Å². The molecule has 0 saturated carbocycles. The zero-order valence-corrected chi connectivity index (χ0v) is 21.2. The monoisotopic (exact) mass is 467 g/mol. The maximum atomic E-state index is 6.28. The van der Waals surface area contributed by atoms with E-state index in [2.05, 4.69) is 111 Å². The van der Waals surface area contributed by atoms with Crippen LogP contribution in [0.2, 0.25) is 0 Å². The van der Waals surface area contributed by atoms with Crippen molar-refractivity contribution in [3.63, 3.8) is 0 Å². The molecule has 0 unspecified atom stereocenters. The van der Waals surface area contributed by atoms with Crippen molar-refractivity contribution in [3.05, 3.63) is 125 Å². The van der Waals surface area contributed by atoms with E-state index in [0.717, 1.165) is 28.6 Å². The summed E-state index contributed by atoms with van der Waals surface area (Å²) in [6.07, 6.45) is 0. The molecule has 0 aliphatic carbocycles. The zero-order chi connectivity index (χ0) is 24.8. The first-order chi connectivity index (χ1) is 17.4. The van der Waals surface area contributed by atoms with Crippen LogP contribution in [0.25, 0.3) is 22.3 Å². The van der Waals surface area contributed by atoms with Crippen LogP contribution in [0.4, 0.5) is 17.1 Å². The van der Waals surface area contributed by atoms with Gasteiger partial charge in [0, 0.05) is 5.69 Å². The van der Waals surface area contributed by atoms with E-state index in [0.29, 0.717) is 0 Å². The Balaban J connectivity index is 1.63. The van der Waals surface area contributed by atoms with Crippen LogP contribution >= 0.6 is 0 Å². The van der Waals surface area contributed by atoms with Crippen molar-refractivity contribution in [3.8, 4) is 33.8 Å². The number of fused-ring (bicyclic) bond motifs is 2. The van der Waals surface area contributed by atoms with Gasteiger partial charge in [-0.2, -0.15) is 0 Å². The van der Waals surface area contributed by atoms with Gasteiger partial charge in [0.2, 0.25) is 0 Å². The molecular formula is C34H29NO. The molecule has 2 nitrogen and oxygen atoms in total. The van der Waals surface area contributed by atoms with Crippen LogP contribution in [-0.2, 0) is 0 Å². The first-order valence-electron chi connectivity index (χ1n) is 12.4. The number of benzene rings is 5. The van der Waals surface area contributed by atoms with Gasteiger partial charge in [-0.25, -0.2) is 0 Å². The Hall–Kier alpha value is -4.30. The van der Waals surface area contributed by atoms with Crippen LogP contribution in [0.15, 0.2) is 103 Å².